The van der Waals surface area contributed by atoms with Crippen molar-refractivity contribution in [3.05, 3.63) is 58.8 Å². The number of hydrogen-bond acceptors (Lipinski definition) is 8. The number of nitrogens with zero attached hydrogens (tertiary/aromatic N) is 1. The molecule has 2 aliphatic rings. The highest BCUT2D eigenvalue weighted by Gasteiger charge is 2.46. The zero-order chi connectivity index (χ0) is 28.1. The number of methoxy groups -OCH3 is 4. The van der Waals surface area contributed by atoms with Crippen molar-refractivity contribution in [2.75, 3.05) is 35.0 Å². The second-order valence-electron chi connectivity index (χ2n) is 9.84. The van der Waals surface area contributed by atoms with Crippen LogP contribution in [0.4, 0.5) is 0 Å². The van der Waals surface area contributed by atoms with Gasteiger partial charge in [-0.05, 0) is 61.6 Å². The predicted molar refractivity (Wildman–Crippen MR) is 148 cm³/mol. The van der Waals surface area contributed by atoms with E-state index in [0.29, 0.717) is 58.6 Å². The fourth-order valence-electron chi connectivity index (χ4n) is 5.53. The number of carbonyl (C=O) groups excluding carboxylic acids is 2. The van der Waals surface area contributed by atoms with E-state index in [9.17, 15) is 9.59 Å². The van der Waals surface area contributed by atoms with Crippen LogP contribution < -0.4 is 18.9 Å². The van der Waals surface area contributed by atoms with Crippen molar-refractivity contribution in [1.29, 1.82) is 0 Å². The van der Waals surface area contributed by atoms with Gasteiger partial charge in [0.25, 0.3) is 0 Å². The summed E-state index contributed by atoms with van der Waals surface area (Å²) in [5.41, 5.74) is 3.52. The fourth-order valence-corrected chi connectivity index (χ4v) is 5.53. The molecule has 2 aromatic rings. The summed E-state index contributed by atoms with van der Waals surface area (Å²) in [6.07, 6.45) is 2.50. The maximum atomic E-state index is 14.0. The molecule has 0 N–H and O–H groups in total. The van der Waals surface area contributed by atoms with Crippen LogP contribution in [0.1, 0.15) is 62.5 Å². The van der Waals surface area contributed by atoms with Gasteiger partial charge in [0.2, 0.25) is 0 Å². The summed E-state index contributed by atoms with van der Waals surface area (Å²) in [4.78, 5) is 32.3. The fraction of sp³-hybridized carbons (Fsp3) is 0.452. The third-order valence-corrected chi connectivity index (χ3v) is 7.54. The lowest BCUT2D eigenvalue weighted by atomic mass is 9.69. The monoisotopic (exact) mass is 535 g/mol. The van der Waals surface area contributed by atoms with Gasteiger partial charge in [0, 0.05) is 34.9 Å². The number of ether oxygens (including phenoxy) is 5. The van der Waals surface area contributed by atoms with Crippen molar-refractivity contribution >= 4 is 17.5 Å². The molecule has 208 valence electrons. The molecule has 0 spiro atoms. The number of Topliss-reactive ketones (excluding diaryl/α,β-unsaturated/α-hetero) is 1. The van der Waals surface area contributed by atoms with Gasteiger partial charge in [0.1, 0.15) is 17.4 Å². The Morgan fingerprint density at radius 1 is 0.923 bits per heavy atom. The number of aliphatic imine (C=N–C) groups is 1. The van der Waals surface area contributed by atoms with Gasteiger partial charge in [0.05, 0.1) is 35.0 Å². The maximum absolute atomic E-state index is 14.0. The molecule has 8 nitrogen and oxygen atoms in total. The molecule has 1 unspecified atom stereocenters. The summed E-state index contributed by atoms with van der Waals surface area (Å²) < 4.78 is 27.8. The minimum Gasteiger partial charge on any atom is -0.497 e. The predicted octanol–water partition coefficient (Wildman–Crippen LogP) is 5.64. The topological polar surface area (TPSA) is 92.7 Å². The van der Waals surface area contributed by atoms with E-state index in [4.69, 9.17) is 28.7 Å². The molecule has 0 fully saturated rings. The van der Waals surface area contributed by atoms with E-state index < -0.39 is 11.8 Å². The zero-order valence-corrected chi connectivity index (χ0v) is 23.5. The number of hydrogen-bond donors (Lipinski definition) is 0. The highest BCUT2D eigenvalue weighted by atomic mass is 16.5. The van der Waals surface area contributed by atoms with Crippen LogP contribution in [0.2, 0.25) is 0 Å². The van der Waals surface area contributed by atoms with E-state index in [2.05, 4.69) is 0 Å². The first-order valence-corrected chi connectivity index (χ1v) is 13.3. The second-order valence-corrected chi connectivity index (χ2v) is 9.84. The van der Waals surface area contributed by atoms with Crippen LogP contribution in [0.15, 0.2) is 52.7 Å². The molecule has 1 aliphatic heterocycles. The normalized spacial score (nSPS) is 20.6. The lowest BCUT2D eigenvalue weighted by Gasteiger charge is -2.37. The molecule has 0 saturated heterocycles. The van der Waals surface area contributed by atoms with Gasteiger partial charge in [-0.1, -0.05) is 19.4 Å². The first-order valence-electron chi connectivity index (χ1n) is 13.3. The van der Waals surface area contributed by atoms with E-state index in [1.807, 2.05) is 38.1 Å². The third kappa shape index (κ3) is 5.65. The Bertz CT molecular complexity index is 1300. The summed E-state index contributed by atoms with van der Waals surface area (Å²) in [5.74, 6) is 0.548. The van der Waals surface area contributed by atoms with Crippen molar-refractivity contribution in [2.24, 2.45) is 10.9 Å². The molecular weight excluding hydrogens is 498 g/mol. The van der Waals surface area contributed by atoms with Crippen molar-refractivity contribution in [1.82, 2.24) is 0 Å². The van der Waals surface area contributed by atoms with Gasteiger partial charge in [-0.3, -0.25) is 14.6 Å². The van der Waals surface area contributed by atoms with Gasteiger partial charge in [-0.2, -0.15) is 0 Å². The van der Waals surface area contributed by atoms with Gasteiger partial charge < -0.3 is 23.7 Å². The van der Waals surface area contributed by atoms with Crippen LogP contribution in [0.3, 0.4) is 0 Å². The third-order valence-electron chi connectivity index (χ3n) is 7.54. The standard InChI is InChI=1S/C31H37NO7/c1-7-8-13-39-31(34)28-18(2)32-23-14-20(19-9-11-26(37-5)27(16-19)38-6)15-24(33)30(23)29(28)22-17-21(35-3)10-12-25(22)36-4/h9-12,16-17,20,28-29H,7-8,13-15H2,1-6H3/t20-,28?,29-/m1/s1. The minimum absolute atomic E-state index is 0.0477. The van der Waals surface area contributed by atoms with E-state index >= 15 is 0 Å². The van der Waals surface area contributed by atoms with Crippen LogP contribution in [-0.2, 0) is 14.3 Å². The number of allylic oxidation sites excluding steroid dienone is 2. The lowest BCUT2D eigenvalue weighted by molar-refractivity contribution is -0.146. The van der Waals surface area contributed by atoms with Crippen molar-refractivity contribution in [2.45, 2.75) is 51.4 Å². The molecule has 0 bridgehead atoms. The quantitative estimate of drug-likeness (QED) is 0.287. The Hall–Kier alpha value is -3.81. The van der Waals surface area contributed by atoms with Crippen LogP contribution in [-0.4, -0.2) is 52.5 Å². The molecule has 39 heavy (non-hydrogen) atoms. The molecule has 2 aromatic carbocycles. The largest absolute Gasteiger partial charge is 0.497 e. The molecule has 8 heteroatoms. The number of carbonyl (C=O) groups is 2. The molecule has 0 amide bonds. The molecular formula is C31H37NO7. The molecule has 4 rings (SSSR count). The van der Waals surface area contributed by atoms with Crippen LogP contribution in [0, 0.1) is 5.92 Å². The summed E-state index contributed by atoms with van der Waals surface area (Å²) in [5, 5.41) is 0. The van der Waals surface area contributed by atoms with Crippen LogP contribution in [0.5, 0.6) is 23.0 Å². The van der Waals surface area contributed by atoms with Crippen LogP contribution >= 0.6 is 0 Å². The first kappa shape index (κ1) is 28.2. The average molecular weight is 536 g/mol. The first-order chi connectivity index (χ1) is 18.9. The summed E-state index contributed by atoms with van der Waals surface area (Å²) in [7, 11) is 6.35. The Balaban J connectivity index is 1.81. The minimum atomic E-state index is -0.747. The molecule has 1 aliphatic carbocycles. The van der Waals surface area contributed by atoms with Gasteiger partial charge in [-0.15, -0.1) is 0 Å². The zero-order valence-electron chi connectivity index (χ0n) is 23.5. The number of rotatable bonds is 10. The number of esters is 1. The van der Waals surface area contributed by atoms with Crippen LogP contribution in [0.25, 0.3) is 0 Å². The van der Waals surface area contributed by atoms with E-state index in [0.717, 1.165) is 18.4 Å². The average Bonchev–Trinajstić information content (AvgIpc) is 2.95. The van der Waals surface area contributed by atoms with E-state index in [1.165, 1.54) is 0 Å². The summed E-state index contributed by atoms with van der Waals surface area (Å²) >= 11 is 0. The highest BCUT2D eigenvalue weighted by molar-refractivity contribution is 6.09. The molecule has 3 atom stereocenters. The smallest absolute Gasteiger partial charge is 0.315 e. The highest BCUT2D eigenvalue weighted by Crippen LogP contribution is 2.49. The Kier molecular flexibility index (Phi) is 8.94. The van der Waals surface area contributed by atoms with E-state index in [-0.39, 0.29) is 24.1 Å². The maximum Gasteiger partial charge on any atom is 0.315 e. The molecule has 0 radical (unpaired) electrons. The van der Waals surface area contributed by atoms with Crippen molar-refractivity contribution < 1.29 is 33.3 Å². The Morgan fingerprint density at radius 3 is 2.31 bits per heavy atom. The van der Waals surface area contributed by atoms with Crippen molar-refractivity contribution in [3.63, 3.8) is 0 Å². The number of ketones is 1. The SMILES string of the molecule is CCCCOC(=O)C1C(C)=NC2=C(C(=O)C[C@H](c3ccc(OC)c(OC)c3)C2)[C@@H]1c1cc(OC)ccc1OC. The molecule has 0 saturated carbocycles. The second kappa shape index (κ2) is 12.4. The van der Waals surface area contributed by atoms with E-state index in [1.54, 1.807) is 40.6 Å². The number of unbranched alkanes of at least 4 members (excludes halogenated alkanes) is 1. The van der Waals surface area contributed by atoms with Gasteiger partial charge >= 0.3 is 5.97 Å². The van der Waals surface area contributed by atoms with Gasteiger partial charge in [-0.25, -0.2) is 0 Å². The molecule has 1 heterocycles. The van der Waals surface area contributed by atoms with Gasteiger partial charge in [0.15, 0.2) is 17.3 Å². The number of benzene rings is 2. The summed E-state index contributed by atoms with van der Waals surface area (Å²) in [6, 6.07) is 11.2. The van der Waals surface area contributed by atoms with Crippen molar-refractivity contribution in [3.8, 4) is 23.0 Å². The Morgan fingerprint density at radius 2 is 1.64 bits per heavy atom. The Labute approximate surface area is 230 Å². The summed E-state index contributed by atoms with van der Waals surface area (Å²) in [6.45, 7) is 4.19. The molecule has 0 aromatic heterocycles. The lowest BCUT2D eigenvalue weighted by Crippen LogP contribution is -2.38.